The summed E-state index contributed by atoms with van der Waals surface area (Å²) in [6.07, 6.45) is 38.6. The second-order valence-corrected chi connectivity index (χ2v) is 39.2. The zero-order chi connectivity index (χ0) is 96.1. The number of aliphatic imine (C=N–C) groups is 14. The minimum atomic E-state index is -0.343. The maximum Gasteiger partial charge on any atom is 0.196 e. The fraction of sp³-hybridized carbons (Fsp3) is 0.477. The molecule has 7 aliphatic heterocycles. The Morgan fingerprint density at radius 1 is 0.248 bits per heavy atom. The highest BCUT2D eigenvalue weighted by atomic mass is 19.1. The van der Waals surface area contributed by atoms with Crippen LogP contribution in [0.4, 0.5) is 4.39 Å². The van der Waals surface area contributed by atoms with Gasteiger partial charge in [0.25, 0.3) is 0 Å². The van der Waals surface area contributed by atoms with E-state index in [0.29, 0.717) is 48.1 Å². The summed E-state index contributed by atoms with van der Waals surface area (Å²) in [5.74, 6) is 10.6. The summed E-state index contributed by atoms with van der Waals surface area (Å²) in [4.78, 5) is 65.6. The lowest BCUT2D eigenvalue weighted by atomic mass is 9.89. The molecule has 0 bridgehead atoms. The molecular weight excluding hydrogens is 1710 g/mol. The summed E-state index contributed by atoms with van der Waals surface area (Å²) >= 11 is 0. The Hall–Kier alpha value is -13.2. The lowest BCUT2D eigenvalue weighted by Gasteiger charge is -2.34. The van der Waals surface area contributed by atoms with Crippen LogP contribution in [0.25, 0.3) is 0 Å². The molecule has 30 heteroatoms. The summed E-state index contributed by atoms with van der Waals surface area (Å²) in [5.41, 5.74) is 55.8. The van der Waals surface area contributed by atoms with E-state index < -0.39 is 0 Å². The zero-order valence-corrected chi connectivity index (χ0v) is 81.3. The van der Waals surface area contributed by atoms with E-state index in [1.807, 2.05) is 36.4 Å². The van der Waals surface area contributed by atoms with Gasteiger partial charge in [0, 0.05) is 44.9 Å². The molecule has 0 unspecified atom stereocenters. The van der Waals surface area contributed by atoms with E-state index in [9.17, 15) is 4.39 Å². The van der Waals surface area contributed by atoms with E-state index in [4.69, 9.17) is 79.8 Å². The van der Waals surface area contributed by atoms with Gasteiger partial charge in [-0.1, -0.05) is 163 Å². The van der Waals surface area contributed by atoms with Gasteiger partial charge in [0.1, 0.15) is 52.4 Å². The Bertz CT molecular complexity index is 5810. The second kappa shape index (κ2) is 44.8. The smallest absolute Gasteiger partial charge is 0.196 e. The summed E-state index contributed by atoms with van der Waals surface area (Å²) in [5, 5.41) is 21.8. The normalized spacial score (nSPS) is 20.8. The number of amidine groups is 7. The number of hydrogen-bond acceptors (Lipinski definition) is 29. The van der Waals surface area contributed by atoms with Crippen molar-refractivity contribution in [2.45, 2.75) is 319 Å². The molecule has 29 nitrogen and oxygen atoms in total. The minimum absolute atomic E-state index is 0.226. The average Bonchev–Trinajstić information content (AvgIpc) is 1.39. The number of nitrogens with zero attached hydrogens (tertiary/aromatic N) is 14. The van der Waals surface area contributed by atoms with Crippen LogP contribution in [0.15, 0.2) is 234 Å². The molecule has 0 atom stereocenters. The third kappa shape index (κ3) is 27.4. The van der Waals surface area contributed by atoms with Crippen molar-refractivity contribution in [1.82, 2.24) is 37.2 Å². The lowest BCUT2D eigenvalue weighted by Crippen LogP contribution is -2.47. The summed E-state index contributed by atoms with van der Waals surface area (Å²) < 4.78 is 18.1. The van der Waals surface area contributed by atoms with Crippen molar-refractivity contribution in [1.29, 1.82) is 0 Å². The molecule has 7 aromatic rings. The number of nitrogens with one attached hydrogen (secondary N) is 7. The van der Waals surface area contributed by atoms with Crippen molar-refractivity contribution in [2.24, 2.45) is 110 Å². The van der Waals surface area contributed by atoms with E-state index in [0.717, 1.165) is 199 Å². The second-order valence-electron chi connectivity index (χ2n) is 39.2. The van der Waals surface area contributed by atoms with Crippen LogP contribution in [-0.4, -0.2) is 129 Å². The number of nitrogens with two attached hydrogens (primary N) is 7. The van der Waals surface area contributed by atoms with Crippen LogP contribution in [0.1, 0.15) is 265 Å². The number of benzene rings is 7. The fourth-order valence-corrected chi connectivity index (χ4v) is 21.1. The quantitative estimate of drug-likeness (QED) is 0.0453. The van der Waals surface area contributed by atoms with Gasteiger partial charge in [0.05, 0.1) is 7.11 Å². The highest BCUT2D eigenvalue weighted by Gasteiger charge is 2.43. The maximum atomic E-state index is 12.9. The summed E-state index contributed by atoms with van der Waals surface area (Å²) in [6, 6.07) is 54.6. The molecule has 0 amide bonds. The molecule has 7 aliphatic carbocycles. The molecule has 7 spiro atoms. The molecule has 0 aromatic heterocycles. The van der Waals surface area contributed by atoms with Gasteiger partial charge in [-0.2, -0.15) is 0 Å². The first-order chi connectivity index (χ1) is 66.1. The standard InChI is InChI=1S/3C16H22N4.C15H20N4O.2C15H20N4.C14H17FN4/c1-11-6-5-7-12(2)13(11)10-14-18-15(17)20-16(19-14)8-3-4-9-16;1-11-5-6-12(2)13(9-11)10-14-18-15(17)20-16(19-14)7-3-4-8-16;1-12-7-3-4-8-13(12)11-14-18-15(17)20-16(19-14)9-5-2-6-10-16;1-20-12-6-4-5-11(9-12)10-13-17-14(16)19-15(18-13)7-2-3-8-15;1-11-5-4-6-12(9-11)10-13-17-14(16)19-15(18-13)7-2-3-8-15;16-14-17-13(11-12-7-3-1-4-8-12)18-15(19-14)9-5-2-6-10-15;15-11-5-3-10(4-6-11)9-12-17-13(16)19-14(18-12)7-1-2-8-14/h5-7H,3-4,8-10H2,1-2H3,(H3,17,18,19,20);5-6,9H,3-4,7-8,10H2,1-2H3,(H3,17,18,19,20);3-4,7-8H,2,5-6,9-11H2,1H3,(H3,17,18,19,20);4-6,9H,2-3,7-8,10H2,1H3,(H3,16,17,18,19);4-6,9H,2-3,7-8,10H2,1H3,(H3,16,17,18,19);1,3-4,7-8H,2,5-6,9-11H2,(H3,16,17,18,19);3-6H,1-2,7-9H2,(H3,16,17,18,19). The van der Waals surface area contributed by atoms with Gasteiger partial charge in [-0.3, -0.25) is 0 Å². The SMILES string of the molecule is COc1cccc(CC2=NC3(CCCC3)N=C(N)N2)c1.Cc1ccc(C)c(CC2=NC3(CCCC3)N=C(N)N2)c1.Cc1cccc(C)c1CC1=NC2(CCCC2)N=C(N)N1.Cc1cccc(CC2=NC3(CCCC3)N=C(N)N2)c1.Cc1ccccc1CC1=NC2(CCCCC2)N=C(N)N1.NC1=NC2(CCCC2)N=C(Cc2ccc(F)cc2)N1.NC1=NC2(CCCCC2)N=C(Cc2ccccc2)N1. The number of methoxy groups -OCH3 is 1. The van der Waals surface area contributed by atoms with E-state index in [2.05, 4.69) is 217 Å². The van der Waals surface area contributed by atoms with Crippen molar-refractivity contribution in [3.05, 3.63) is 242 Å². The zero-order valence-electron chi connectivity index (χ0n) is 81.3. The largest absolute Gasteiger partial charge is 0.497 e. The number of hydrogen-bond donors (Lipinski definition) is 14. The predicted octanol–water partition coefficient (Wildman–Crippen LogP) is 15.5. The number of rotatable bonds is 15. The van der Waals surface area contributed by atoms with E-state index in [1.54, 1.807) is 19.2 Å². The van der Waals surface area contributed by atoms with Crippen LogP contribution in [0, 0.1) is 47.4 Å². The van der Waals surface area contributed by atoms with Crippen LogP contribution in [0.3, 0.4) is 0 Å². The van der Waals surface area contributed by atoms with Crippen LogP contribution < -0.4 is 82.1 Å². The van der Waals surface area contributed by atoms with Gasteiger partial charge in [-0.05, 0) is 307 Å². The third-order valence-corrected chi connectivity index (χ3v) is 27.9. The van der Waals surface area contributed by atoms with Crippen molar-refractivity contribution < 1.29 is 9.13 Å². The molecule has 7 saturated carbocycles. The van der Waals surface area contributed by atoms with Gasteiger partial charge >= 0.3 is 0 Å². The molecule has 0 saturated heterocycles. The molecule has 21 rings (SSSR count). The fourth-order valence-electron chi connectivity index (χ4n) is 21.1. The van der Waals surface area contributed by atoms with Gasteiger partial charge in [0.2, 0.25) is 0 Å². The molecule has 21 N–H and O–H groups in total. The Kier molecular flexibility index (Phi) is 32.1. The minimum Gasteiger partial charge on any atom is -0.497 e. The van der Waals surface area contributed by atoms with E-state index in [1.165, 1.54) is 163 Å². The first-order valence-corrected chi connectivity index (χ1v) is 49.7. The van der Waals surface area contributed by atoms with Crippen molar-refractivity contribution >= 4 is 82.6 Å². The van der Waals surface area contributed by atoms with Crippen molar-refractivity contribution in [2.75, 3.05) is 7.11 Å². The predicted molar refractivity (Wildman–Crippen MR) is 559 cm³/mol. The molecule has 0 radical (unpaired) electrons. The molecule has 7 heterocycles. The number of aryl methyl sites for hydroxylation is 6. The molecule has 7 aromatic carbocycles. The third-order valence-electron chi connectivity index (χ3n) is 27.9. The average molecular weight is 1860 g/mol. The highest BCUT2D eigenvalue weighted by molar-refractivity contribution is 6.06. The molecule has 137 heavy (non-hydrogen) atoms. The Balaban J connectivity index is 0.000000121. The summed E-state index contributed by atoms with van der Waals surface area (Å²) in [7, 11) is 1.67. The maximum absolute atomic E-state index is 12.9. The van der Waals surface area contributed by atoms with Crippen molar-refractivity contribution in [3.8, 4) is 5.75 Å². The number of ether oxygens (including phenoxy) is 1. The van der Waals surface area contributed by atoms with Crippen LogP contribution >= 0.6 is 0 Å². The molecule has 7 fully saturated rings. The Morgan fingerprint density at radius 3 is 0.891 bits per heavy atom. The van der Waals surface area contributed by atoms with Gasteiger partial charge in [-0.25, -0.2) is 74.3 Å². The van der Waals surface area contributed by atoms with Crippen LogP contribution in [0.2, 0.25) is 0 Å². The number of halogens is 1. The van der Waals surface area contributed by atoms with Crippen LogP contribution in [-0.2, 0) is 44.9 Å². The highest BCUT2D eigenvalue weighted by Crippen LogP contribution is 2.42. The van der Waals surface area contributed by atoms with Crippen LogP contribution in [0.5, 0.6) is 5.75 Å². The molecular formula is C107H143FN28O. The monoisotopic (exact) mass is 1860 g/mol. The number of guanidine groups is 7. The Morgan fingerprint density at radius 2 is 0.526 bits per heavy atom. The molecule has 14 aliphatic rings. The van der Waals surface area contributed by atoms with E-state index >= 15 is 0 Å². The Labute approximate surface area is 807 Å². The first kappa shape index (κ1) is 98.4. The first-order valence-electron chi connectivity index (χ1n) is 49.7. The summed E-state index contributed by atoms with van der Waals surface area (Å²) in [6.45, 7) is 12.8. The molecule has 724 valence electrons. The lowest BCUT2D eigenvalue weighted by molar-refractivity contribution is 0.306. The van der Waals surface area contributed by atoms with Gasteiger partial charge < -0.3 is 82.1 Å². The van der Waals surface area contributed by atoms with Crippen molar-refractivity contribution in [3.63, 3.8) is 0 Å². The van der Waals surface area contributed by atoms with Gasteiger partial charge in [-0.15, -0.1) is 0 Å². The van der Waals surface area contributed by atoms with E-state index in [-0.39, 0.29) is 45.5 Å². The van der Waals surface area contributed by atoms with Gasteiger partial charge in [0.15, 0.2) is 81.4 Å². The topological polar surface area (TPSA) is 449 Å².